The molecule has 0 aromatic carbocycles. The molecule has 0 unspecified atom stereocenters. The third-order valence-corrected chi connectivity index (χ3v) is 3.14. The lowest BCUT2D eigenvalue weighted by atomic mass is 10.0. The van der Waals surface area contributed by atoms with Gasteiger partial charge in [0, 0.05) is 6.42 Å². The van der Waals surface area contributed by atoms with Gasteiger partial charge in [-0.25, -0.2) is 0 Å². The Kier molecular flexibility index (Phi) is 7.37. The maximum Gasteiger partial charge on any atom is 0.0926 e. The standard InChI is InChI=1S/C15H28O/c1-14(2)16-15-12-10-8-6-4-3-5-7-9-11-13-15/h12,14H,3-11,13H2,1-2H3. The summed E-state index contributed by atoms with van der Waals surface area (Å²) in [6.45, 7) is 4.24. The van der Waals surface area contributed by atoms with Gasteiger partial charge in [-0.3, -0.25) is 0 Å². The monoisotopic (exact) mass is 224 g/mol. The van der Waals surface area contributed by atoms with Crippen LogP contribution in [0.5, 0.6) is 0 Å². The van der Waals surface area contributed by atoms with Crippen molar-refractivity contribution in [2.45, 2.75) is 84.2 Å². The lowest BCUT2D eigenvalue weighted by molar-refractivity contribution is 0.137. The minimum absolute atomic E-state index is 0.333. The molecule has 0 atom stereocenters. The average molecular weight is 224 g/mol. The molecular weight excluding hydrogens is 196 g/mol. The Morgan fingerprint density at radius 3 is 2.06 bits per heavy atom. The summed E-state index contributed by atoms with van der Waals surface area (Å²) in [5.74, 6) is 1.25. The fourth-order valence-electron chi connectivity index (χ4n) is 2.28. The van der Waals surface area contributed by atoms with Gasteiger partial charge < -0.3 is 4.74 Å². The zero-order valence-electron chi connectivity index (χ0n) is 11.1. The van der Waals surface area contributed by atoms with Crippen molar-refractivity contribution in [1.29, 1.82) is 0 Å². The predicted octanol–water partition coefficient (Wildman–Crippen LogP) is 5.21. The molecule has 0 saturated heterocycles. The molecule has 1 heteroatoms. The van der Waals surface area contributed by atoms with E-state index in [1.807, 2.05) is 0 Å². The van der Waals surface area contributed by atoms with E-state index < -0.39 is 0 Å². The molecule has 0 saturated carbocycles. The minimum atomic E-state index is 0.333. The summed E-state index contributed by atoms with van der Waals surface area (Å²) in [5, 5.41) is 0. The van der Waals surface area contributed by atoms with Crippen molar-refractivity contribution in [3.05, 3.63) is 11.8 Å². The van der Waals surface area contributed by atoms with Crippen LogP contribution in [0.3, 0.4) is 0 Å². The topological polar surface area (TPSA) is 9.23 Å². The zero-order chi connectivity index (χ0) is 11.6. The number of ether oxygens (including phenoxy) is 1. The molecule has 16 heavy (non-hydrogen) atoms. The Morgan fingerprint density at radius 2 is 1.44 bits per heavy atom. The van der Waals surface area contributed by atoms with Gasteiger partial charge in [-0.15, -0.1) is 0 Å². The van der Waals surface area contributed by atoms with Crippen LogP contribution in [0, 0.1) is 0 Å². The van der Waals surface area contributed by atoms with E-state index >= 15 is 0 Å². The number of hydrogen-bond acceptors (Lipinski definition) is 1. The highest BCUT2D eigenvalue weighted by molar-refractivity contribution is 4.93. The molecule has 1 rings (SSSR count). The van der Waals surface area contributed by atoms with Crippen molar-refractivity contribution in [2.24, 2.45) is 0 Å². The van der Waals surface area contributed by atoms with E-state index in [4.69, 9.17) is 4.74 Å². The molecule has 0 aliphatic heterocycles. The zero-order valence-corrected chi connectivity index (χ0v) is 11.1. The Labute approximate surface area is 101 Å². The maximum atomic E-state index is 5.86. The van der Waals surface area contributed by atoms with Crippen LogP contribution in [0.4, 0.5) is 0 Å². The molecule has 0 fully saturated rings. The quantitative estimate of drug-likeness (QED) is 0.625. The molecule has 0 bridgehead atoms. The molecule has 0 radical (unpaired) electrons. The van der Waals surface area contributed by atoms with Gasteiger partial charge in [0.05, 0.1) is 11.9 Å². The van der Waals surface area contributed by atoms with Crippen LogP contribution in [0.25, 0.3) is 0 Å². The minimum Gasteiger partial charge on any atom is -0.496 e. The SMILES string of the molecule is CC(C)OC1=CCCCCCCCCCC1. The summed E-state index contributed by atoms with van der Waals surface area (Å²) in [6.07, 6.45) is 16.2. The molecule has 1 aliphatic carbocycles. The average Bonchev–Trinajstić information content (AvgIpc) is 2.21. The van der Waals surface area contributed by atoms with Crippen molar-refractivity contribution in [3.8, 4) is 0 Å². The molecule has 0 spiro atoms. The third kappa shape index (κ3) is 6.92. The molecule has 0 aromatic heterocycles. The summed E-state index contributed by atoms with van der Waals surface area (Å²) in [6, 6.07) is 0. The van der Waals surface area contributed by atoms with Gasteiger partial charge >= 0.3 is 0 Å². The Hall–Kier alpha value is -0.460. The van der Waals surface area contributed by atoms with Gasteiger partial charge in [0.1, 0.15) is 0 Å². The molecule has 0 amide bonds. The molecule has 1 aliphatic rings. The Morgan fingerprint density at radius 1 is 0.875 bits per heavy atom. The molecule has 0 aromatic rings. The van der Waals surface area contributed by atoms with E-state index in [0.29, 0.717) is 6.10 Å². The first-order valence-corrected chi connectivity index (χ1v) is 7.15. The lowest BCUT2D eigenvalue weighted by Gasteiger charge is -2.14. The number of hydrogen-bond donors (Lipinski definition) is 0. The van der Waals surface area contributed by atoms with Crippen LogP contribution in [0.15, 0.2) is 11.8 Å². The highest BCUT2D eigenvalue weighted by Gasteiger charge is 2.03. The second-order valence-corrected chi connectivity index (χ2v) is 5.20. The van der Waals surface area contributed by atoms with Crippen LogP contribution in [0.1, 0.15) is 78.1 Å². The van der Waals surface area contributed by atoms with E-state index in [2.05, 4.69) is 19.9 Å². The normalized spacial score (nSPS) is 20.8. The van der Waals surface area contributed by atoms with E-state index in [0.717, 1.165) is 6.42 Å². The van der Waals surface area contributed by atoms with E-state index in [9.17, 15) is 0 Å². The first-order valence-electron chi connectivity index (χ1n) is 7.15. The second kappa shape index (κ2) is 8.66. The van der Waals surface area contributed by atoms with Crippen molar-refractivity contribution >= 4 is 0 Å². The van der Waals surface area contributed by atoms with Gasteiger partial charge in [0.2, 0.25) is 0 Å². The first kappa shape index (κ1) is 13.6. The van der Waals surface area contributed by atoms with E-state index in [1.165, 1.54) is 63.5 Å². The van der Waals surface area contributed by atoms with E-state index in [1.54, 1.807) is 0 Å². The number of rotatable bonds is 2. The van der Waals surface area contributed by atoms with Crippen molar-refractivity contribution in [1.82, 2.24) is 0 Å². The van der Waals surface area contributed by atoms with E-state index in [-0.39, 0.29) is 0 Å². The highest BCUT2D eigenvalue weighted by atomic mass is 16.5. The molecule has 0 N–H and O–H groups in total. The van der Waals surface area contributed by atoms with Crippen LogP contribution in [-0.2, 0) is 4.74 Å². The summed E-state index contributed by atoms with van der Waals surface area (Å²) >= 11 is 0. The van der Waals surface area contributed by atoms with Crippen LogP contribution in [-0.4, -0.2) is 6.10 Å². The first-order chi connectivity index (χ1) is 7.79. The summed E-state index contributed by atoms with van der Waals surface area (Å²) in [5.41, 5.74) is 0. The van der Waals surface area contributed by atoms with Gasteiger partial charge in [0.15, 0.2) is 0 Å². The van der Waals surface area contributed by atoms with Crippen molar-refractivity contribution in [2.75, 3.05) is 0 Å². The third-order valence-electron chi connectivity index (χ3n) is 3.14. The van der Waals surface area contributed by atoms with Gasteiger partial charge in [-0.1, -0.05) is 38.5 Å². The van der Waals surface area contributed by atoms with Crippen LogP contribution in [0.2, 0.25) is 0 Å². The highest BCUT2D eigenvalue weighted by Crippen LogP contribution is 2.18. The van der Waals surface area contributed by atoms with Crippen molar-refractivity contribution in [3.63, 3.8) is 0 Å². The van der Waals surface area contributed by atoms with Crippen molar-refractivity contribution < 1.29 is 4.74 Å². The predicted molar refractivity (Wildman–Crippen MR) is 70.5 cm³/mol. The summed E-state index contributed by atoms with van der Waals surface area (Å²) in [4.78, 5) is 0. The van der Waals surface area contributed by atoms with Gasteiger partial charge in [-0.05, 0) is 39.2 Å². The maximum absolute atomic E-state index is 5.86. The summed E-state index contributed by atoms with van der Waals surface area (Å²) in [7, 11) is 0. The van der Waals surface area contributed by atoms with Crippen LogP contribution < -0.4 is 0 Å². The largest absolute Gasteiger partial charge is 0.496 e. The second-order valence-electron chi connectivity index (χ2n) is 5.20. The summed E-state index contributed by atoms with van der Waals surface area (Å²) < 4.78 is 5.86. The molecular formula is C15H28O. The fraction of sp³-hybridized carbons (Fsp3) is 0.867. The van der Waals surface area contributed by atoms with Gasteiger partial charge in [0.25, 0.3) is 0 Å². The van der Waals surface area contributed by atoms with Gasteiger partial charge in [-0.2, -0.15) is 0 Å². The van der Waals surface area contributed by atoms with Crippen LogP contribution >= 0.6 is 0 Å². The Balaban J connectivity index is 2.37. The number of allylic oxidation sites excluding steroid dienone is 2. The molecule has 1 nitrogen and oxygen atoms in total. The Bertz CT molecular complexity index is 194. The fourth-order valence-corrected chi connectivity index (χ4v) is 2.28. The molecule has 0 heterocycles. The molecule has 94 valence electrons. The smallest absolute Gasteiger partial charge is 0.0926 e. The lowest BCUT2D eigenvalue weighted by Crippen LogP contribution is -2.03.